The fourth-order valence-corrected chi connectivity index (χ4v) is 6.80. The van der Waals surface area contributed by atoms with Crippen molar-refractivity contribution in [2.24, 2.45) is 0 Å². The van der Waals surface area contributed by atoms with E-state index in [2.05, 4.69) is 0 Å². The quantitative estimate of drug-likeness (QED) is 0.289. The Hall–Kier alpha value is -6.56. The summed E-state index contributed by atoms with van der Waals surface area (Å²) < 4.78 is 0. The Morgan fingerprint density at radius 2 is 0.592 bits per heavy atom. The first-order valence-corrected chi connectivity index (χ1v) is 15.3. The zero-order chi connectivity index (χ0) is 34.5. The topological polar surface area (TPSA) is 150 Å². The lowest BCUT2D eigenvalue weighted by atomic mass is 9.98. The van der Waals surface area contributed by atoms with Gasteiger partial charge in [0, 0.05) is 14.1 Å². The predicted octanol–water partition coefficient (Wildman–Crippen LogP) is 3.17. The fourth-order valence-electron chi connectivity index (χ4n) is 6.80. The first-order valence-electron chi connectivity index (χ1n) is 15.3. The molecule has 4 aliphatic rings. The molecule has 0 fully saturated rings. The van der Waals surface area contributed by atoms with E-state index < -0.39 is 30.3 Å². The van der Waals surface area contributed by atoms with Gasteiger partial charge < -0.3 is 0 Å². The van der Waals surface area contributed by atoms with Crippen molar-refractivity contribution in [3.05, 3.63) is 140 Å². The van der Waals surface area contributed by atoms with Gasteiger partial charge in [-0.3, -0.25) is 58.0 Å². The monoisotopic (exact) mass is 652 g/mol. The van der Waals surface area contributed by atoms with Gasteiger partial charge in [-0.05, 0) is 83.6 Å². The molecule has 0 bridgehead atoms. The first-order chi connectivity index (χ1) is 23.4. The van der Waals surface area contributed by atoms with Crippen LogP contribution in [0, 0.1) is 0 Å². The van der Waals surface area contributed by atoms with Crippen LogP contribution < -0.4 is 0 Å². The van der Waals surface area contributed by atoms with Crippen molar-refractivity contribution in [1.82, 2.24) is 19.6 Å². The second-order valence-corrected chi connectivity index (χ2v) is 12.4. The number of imide groups is 4. The molecular formula is C37H24N4O8. The fraction of sp³-hybridized carbons (Fsp3) is 0.135. The molecule has 0 saturated heterocycles. The van der Waals surface area contributed by atoms with Crippen molar-refractivity contribution in [1.29, 1.82) is 0 Å². The van der Waals surface area contributed by atoms with E-state index in [1.807, 2.05) is 0 Å². The van der Waals surface area contributed by atoms with Crippen molar-refractivity contribution in [3.63, 3.8) is 0 Å². The molecule has 12 nitrogen and oxygen atoms in total. The third-order valence-electron chi connectivity index (χ3n) is 9.48. The van der Waals surface area contributed by atoms with Crippen LogP contribution in [0.5, 0.6) is 0 Å². The van der Waals surface area contributed by atoms with Gasteiger partial charge in [0.1, 0.15) is 6.67 Å². The van der Waals surface area contributed by atoms with Crippen LogP contribution in [0.4, 0.5) is 0 Å². The van der Waals surface area contributed by atoms with Gasteiger partial charge in [0.15, 0.2) is 0 Å². The highest BCUT2D eigenvalue weighted by Gasteiger charge is 2.43. The van der Waals surface area contributed by atoms with E-state index in [-0.39, 0.29) is 45.9 Å². The normalized spacial score (nSPS) is 16.4. The summed E-state index contributed by atoms with van der Waals surface area (Å²) >= 11 is 0. The minimum atomic E-state index is -0.647. The molecule has 8 rings (SSSR count). The zero-order valence-corrected chi connectivity index (χ0v) is 26.1. The second-order valence-electron chi connectivity index (χ2n) is 12.4. The summed E-state index contributed by atoms with van der Waals surface area (Å²) in [5, 5.41) is 0. The highest BCUT2D eigenvalue weighted by atomic mass is 16.2. The molecule has 4 heterocycles. The number of carbonyl (C=O) groups is 8. The molecule has 4 aromatic rings. The number of amides is 8. The average Bonchev–Trinajstić information content (AvgIpc) is 3.65. The predicted molar refractivity (Wildman–Crippen MR) is 170 cm³/mol. The summed E-state index contributed by atoms with van der Waals surface area (Å²) in [6.45, 7) is -0.563. The lowest BCUT2D eigenvalue weighted by Crippen LogP contribution is -2.43. The molecule has 0 spiro atoms. The standard InChI is InChI=1S/C37H24N4O8/c1-38-30(42)22-7-3-18(13-26(22)32(38)44)11-20-5-9-24-28(15-20)36(48)40(34(24)46)17-41-35(47)25-10-6-21(16-29(25)37(41)49)12-19-4-8-23-27(14-19)33(45)39(2)31(23)43/h3-10,13-16H,11-12,17H2,1-2H3. The molecule has 0 N–H and O–H groups in total. The van der Waals surface area contributed by atoms with Crippen LogP contribution >= 0.6 is 0 Å². The lowest BCUT2D eigenvalue weighted by molar-refractivity contribution is 0.0467. The van der Waals surface area contributed by atoms with Gasteiger partial charge in [-0.2, -0.15) is 0 Å². The maximum atomic E-state index is 13.5. The van der Waals surface area contributed by atoms with Crippen molar-refractivity contribution in [2.45, 2.75) is 12.8 Å². The Bertz CT molecular complexity index is 2160. The third-order valence-corrected chi connectivity index (χ3v) is 9.48. The largest absolute Gasteiger partial charge is 0.277 e. The number of hydrogen-bond donors (Lipinski definition) is 0. The second kappa shape index (κ2) is 10.5. The van der Waals surface area contributed by atoms with Crippen LogP contribution in [0.15, 0.2) is 72.8 Å². The van der Waals surface area contributed by atoms with E-state index in [0.29, 0.717) is 46.2 Å². The van der Waals surface area contributed by atoms with Gasteiger partial charge in [-0.1, -0.05) is 24.3 Å². The Labute approximate surface area is 278 Å². The van der Waals surface area contributed by atoms with Crippen LogP contribution in [0.25, 0.3) is 0 Å². The smallest absolute Gasteiger partial charge is 0.263 e. The van der Waals surface area contributed by atoms with Crippen molar-refractivity contribution in [3.8, 4) is 0 Å². The summed E-state index contributed by atoms with van der Waals surface area (Å²) in [4.78, 5) is 107. The van der Waals surface area contributed by atoms with Gasteiger partial charge >= 0.3 is 0 Å². The average molecular weight is 653 g/mol. The molecule has 240 valence electrons. The van der Waals surface area contributed by atoms with Crippen molar-refractivity contribution < 1.29 is 38.4 Å². The molecule has 4 aromatic carbocycles. The summed E-state index contributed by atoms with van der Waals surface area (Å²) in [5.74, 6) is -4.08. The maximum Gasteiger partial charge on any atom is 0.263 e. The van der Waals surface area contributed by atoms with Gasteiger partial charge in [-0.25, -0.2) is 0 Å². The third kappa shape index (κ3) is 4.37. The number of nitrogens with zero attached hydrogens (tertiary/aromatic N) is 4. The van der Waals surface area contributed by atoms with E-state index in [9.17, 15) is 38.4 Å². The maximum absolute atomic E-state index is 13.5. The highest BCUT2D eigenvalue weighted by Crippen LogP contribution is 2.31. The van der Waals surface area contributed by atoms with Crippen LogP contribution in [0.2, 0.25) is 0 Å². The lowest BCUT2D eigenvalue weighted by Gasteiger charge is -2.20. The van der Waals surface area contributed by atoms with E-state index in [1.54, 1.807) is 60.7 Å². The van der Waals surface area contributed by atoms with Crippen LogP contribution in [-0.2, 0) is 12.8 Å². The zero-order valence-electron chi connectivity index (χ0n) is 26.1. The van der Waals surface area contributed by atoms with E-state index >= 15 is 0 Å². The Kier molecular flexibility index (Phi) is 6.37. The van der Waals surface area contributed by atoms with Gasteiger partial charge in [-0.15, -0.1) is 0 Å². The molecule has 0 radical (unpaired) electrons. The molecule has 8 amide bonds. The van der Waals surface area contributed by atoms with Gasteiger partial charge in [0.05, 0.1) is 44.5 Å². The van der Waals surface area contributed by atoms with Crippen LogP contribution in [0.3, 0.4) is 0 Å². The summed E-state index contributed by atoms with van der Waals surface area (Å²) in [6.07, 6.45) is 0.649. The van der Waals surface area contributed by atoms with E-state index in [4.69, 9.17) is 0 Å². The van der Waals surface area contributed by atoms with Crippen molar-refractivity contribution >= 4 is 47.3 Å². The summed E-state index contributed by atoms with van der Waals surface area (Å²) in [6, 6.07) is 19.5. The molecule has 49 heavy (non-hydrogen) atoms. The van der Waals surface area contributed by atoms with E-state index in [1.165, 1.54) is 26.2 Å². The molecule has 0 aliphatic carbocycles. The molecular weight excluding hydrogens is 628 g/mol. The molecule has 0 aromatic heterocycles. The molecule has 4 aliphatic heterocycles. The Morgan fingerprint density at radius 3 is 0.918 bits per heavy atom. The van der Waals surface area contributed by atoms with Gasteiger partial charge in [0.25, 0.3) is 47.3 Å². The Morgan fingerprint density at radius 1 is 0.347 bits per heavy atom. The summed E-state index contributed by atoms with van der Waals surface area (Å²) in [7, 11) is 2.84. The highest BCUT2D eigenvalue weighted by molar-refractivity contribution is 6.25. The molecule has 0 saturated carbocycles. The van der Waals surface area contributed by atoms with Crippen LogP contribution in [0.1, 0.15) is 105 Å². The Balaban J connectivity index is 0.985. The molecule has 0 atom stereocenters. The first kappa shape index (κ1) is 29.8. The molecule has 0 unspecified atom stereocenters. The minimum absolute atomic E-state index is 0.134. The number of rotatable bonds is 6. The number of benzene rings is 4. The number of fused-ring (bicyclic) bond motifs is 4. The SMILES string of the molecule is CN1C(=O)c2ccc(Cc3ccc4c(c3)C(=O)N(CN3C(=O)c5ccc(Cc6ccc7c(c6)C(=O)N(C)C7=O)cc5C3=O)C4=O)cc2C1=O. The minimum Gasteiger partial charge on any atom is -0.277 e. The van der Waals surface area contributed by atoms with Crippen molar-refractivity contribution in [2.75, 3.05) is 20.8 Å². The van der Waals surface area contributed by atoms with Crippen LogP contribution in [-0.4, -0.2) is 87.6 Å². The molecule has 12 heteroatoms. The van der Waals surface area contributed by atoms with Gasteiger partial charge in [0.2, 0.25) is 0 Å². The number of hydrogen-bond acceptors (Lipinski definition) is 8. The summed E-state index contributed by atoms with van der Waals surface area (Å²) in [5.41, 5.74) is 4.67. The van der Waals surface area contributed by atoms with E-state index in [0.717, 1.165) is 30.7 Å². The number of carbonyl (C=O) groups excluding carboxylic acids is 8.